The molecule has 2 rings (SSSR count). The zero-order chi connectivity index (χ0) is 17.1. The summed E-state index contributed by atoms with van der Waals surface area (Å²) in [6, 6.07) is 0. The van der Waals surface area contributed by atoms with E-state index < -0.39 is 0 Å². The van der Waals surface area contributed by atoms with E-state index in [0.29, 0.717) is 19.5 Å². The maximum absolute atomic E-state index is 12.3. The first-order valence-electron chi connectivity index (χ1n) is 7.48. The van der Waals surface area contributed by atoms with Crippen LogP contribution >= 0.6 is 31.9 Å². The second-order valence-electron chi connectivity index (χ2n) is 5.49. The number of amides is 1. The van der Waals surface area contributed by atoms with E-state index in [1.54, 1.807) is 11.9 Å². The van der Waals surface area contributed by atoms with Gasteiger partial charge in [-0.25, -0.2) is 0 Å². The summed E-state index contributed by atoms with van der Waals surface area (Å²) in [7, 11) is 1.80. The van der Waals surface area contributed by atoms with Crippen LogP contribution in [0.4, 0.5) is 0 Å². The summed E-state index contributed by atoms with van der Waals surface area (Å²) in [6.45, 7) is 7.85. The van der Waals surface area contributed by atoms with E-state index in [9.17, 15) is 4.79 Å². The third-order valence-electron chi connectivity index (χ3n) is 3.75. The lowest BCUT2D eigenvalue weighted by atomic mass is 10.3. The average molecular weight is 447 g/mol. The number of carbonyl (C=O) groups is 1. The van der Waals surface area contributed by atoms with Gasteiger partial charge in [0.25, 0.3) is 0 Å². The monoisotopic (exact) mass is 445 g/mol. The largest absolute Gasteiger partial charge is 0.340 e. The molecule has 2 aromatic heterocycles. The molecule has 0 aliphatic heterocycles. The van der Waals surface area contributed by atoms with Crippen LogP contribution in [0.25, 0.3) is 0 Å². The maximum Gasteiger partial charge on any atom is 0.224 e. The van der Waals surface area contributed by atoms with Crippen molar-refractivity contribution in [1.29, 1.82) is 0 Å². The smallest absolute Gasteiger partial charge is 0.224 e. The van der Waals surface area contributed by atoms with Crippen LogP contribution in [-0.4, -0.2) is 37.4 Å². The maximum atomic E-state index is 12.3. The van der Waals surface area contributed by atoms with Crippen molar-refractivity contribution in [2.45, 2.75) is 46.8 Å². The Morgan fingerprint density at radius 1 is 1.30 bits per heavy atom. The van der Waals surface area contributed by atoms with Gasteiger partial charge in [0.15, 0.2) is 0 Å². The molecule has 2 heterocycles. The Hall–Kier alpha value is -1.15. The fraction of sp³-hybridized carbons (Fsp3) is 0.533. The summed E-state index contributed by atoms with van der Waals surface area (Å²) in [4.78, 5) is 14.0. The van der Waals surface area contributed by atoms with Gasteiger partial charge in [-0.1, -0.05) is 0 Å². The van der Waals surface area contributed by atoms with Crippen LogP contribution in [-0.2, 0) is 24.4 Å². The SMILES string of the molecule is CCn1cc(Br)c(CN(C)C(=O)CCn2nc(C)c(Br)c2C)n1. The van der Waals surface area contributed by atoms with Crippen molar-refractivity contribution in [2.75, 3.05) is 7.05 Å². The second kappa shape index (κ2) is 7.61. The Balaban J connectivity index is 1.94. The quantitative estimate of drug-likeness (QED) is 0.683. The van der Waals surface area contributed by atoms with E-state index in [1.807, 2.05) is 36.3 Å². The van der Waals surface area contributed by atoms with Gasteiger partial charge in [0.2, 0.25) is 5.91 Å². The lowest BCUT2D eigenvalue weighted by Crippen LogP contribution is -2.27. The molecule has 0 unspecified atom stereocenters. The molecule has 0 aromatic carbocycles. The first kappa shape index (κ1) is 18.2. The summed E-state index contributed by atoms with van der Waals surface area (Å²) in [5.74, 6) is 0.0756. The minimum atomic E-state index is 0.0756. The van der Waals surface area contributed by atoms with Crippen LogP contribution in [0.5, 0.6) is 0 Å². The highest BCUT2D eigenvalue weighted by molar-refractivity contribution is 9.10. The van der Waals surface area contributed by atoms with Crippen LogP contribution in [0.1, 0.15) is 30.4 Å². The van der Waals surface area contributed by atoms with Crippen molar-refractivity contribution < 1.29 is 4.79 Å². The fourth-order valence-corrected chi connectivity index (χ4v) is 3.03. The lowest BCUT2D eigenvalue weighted by Gasteiger charge is -2.16. The van der Waals surface area contributed by atoms with E-state index in [-0.39, 0.29) is 5.91 Å². The summed E-state index contributed by atoms with van der Waals surface area (Å²) in [5, 5.41) is 8.88. The van der Waals surface area contributed by atoms with E-state index >= 15 is 0 Å². The zero-order valence-electron chi connectivity index (χ0n) is 13.8. The van der Waals surface area contributed by atoms with Crippen LogP contribution in [0.3, 0.4) is 0 Å². The fourth-order valence-electron chi connectivity index (χ4n) is 2.30. The molecule has 0 N–H and O–H groups in total. The molecule has 8 heteroatoms. The molecule has 0 fully saturated rings. The summed E-state index contributed by atoms with van der Waals surface area (Å²) in [5.41, 5.74) is 2.86. The van der Waals surface area contributed by atoms with Crippen molar-refractivity contribution in [3.8, 4) is 0 Å². The van der Waals surface area contributed by atoms with E-state index in [1.165, 1.54) is 0 Å². The van der Waals surface area contributed by atoms with Crippen LogP contribution in [0, 0.1) is 13.8 Å². The minimum Gasteiger partial charge on any atom is -0.340 e. The molecule has 0 saturated carbocycles. The zero-order valence-corrected chi connectivity index (χ0v) is 17.0. The van der Waals surface area contributed by atoms with E-state index in [4.69, 9.17) is 0 Å². The van der Waals surface area contributed by atoms with Crippen LogP contribution in [0.2, 0.25) is 0 Å². The van der Waals surface area contributed by atoms with Crippen LogP contribution < -0.4 is 0 Å². The summed E-state index contributed by atoms with van der Waals surface area (Å²) < 4.78 is 5.66. The molecule has 0 radical (unpaired) electrons. The Bertz CT molecular complexity index is 707. The molecule has 0 atom stereocenters. The van der Waals surface area contributed by atoms with Crippen molar-refractivity contribution in [1.82, 2.24) is 24.5 Å². The van der Waals surface area contributed by atoms with Gasteiger partial charge in [0, 0.05) is 31.9 Å². The van der Waals surface area contributed by atoms with Gasteiger partial charge in [0.1, 0.15) is 0 Å². The molecule has 0 saturated heterocycles. The van der Waals surface area contributed by atoms with Gasteiger partial charge < -0.3 is 4.90 Å². The molecule has 0 bridgehead atoms. The number of halogens is 2. The first-order valence-corrected chi connectivity index (χ1v) is 9.07. The van der Waals surface area contributed by atoms with Gasteiger partial charge in [-0.2, -0.15) is 10.2 Å². The Morgan fingerprint density at radius 2 is 2.00 bits per heavy atom. The average Bonchev–Trinajstić information content (AvgIpc) is 2.99. The number of aromatic nitrogens is 4. The second-order valence-corrected chi connectivity index (χ2v) is 7.13. The van der Waals surface area contributed by atoms with Crippen molar-refractivity contribution >= 4 is 37.8 Å². The molecule has 0 aliphatic rings. The number of nitrogens with zero attached hydrogens (tertiary/aromatic N) is 5. The predicted molar refractivity (Wildman–Crippen MR) is 96.1 cm³/mol. The van der Waals surface area contributed by atoms with Gasteiger partial charge in [-0.05, 0) is 52.6 Å². The van der Waals surface area contributed by atoms with Crippen molar-refractivity contribution in [2.24, 2.45) is 0 Å². The Morgan fingerprint density at radius 3 is 2.52 bits per heavy atom. The lowest BCUT2D eigenvalue weighted by molar-refractivity contribution is -0.130. The summed E-state index contributed by atoms with van der Waals surface area (Å²) >= 11 is 6.99. The number of hydrogen-bond donors (Lipinski definition) is 0. The highest BCUT2D eigenvalue weighted by Crippen LogP contribution is 2.20. The van der Waals surface area contributed by atoms with E-state index in [0.717, 1.165) is 32.6 Å². The third-order valence-corrected chi connectivity index (χ3v) is 5.56. The first-order chi connectivity index (χ1) is 10.8. The predicted octanol–water partition coefficient (Wildman–Crippen LogP) is 3.29. The van der Waals surface area contributed by atoms with Gasteiger partial charge in [0.05, 0.1) is 33.4 Å². The van der Waals surface area contributed by atoms with Crippen molar-refractivity contribution in [3.63, 3.8) is 0 Å². The molecular formula is C15H21Br2N5O. The summed E-state index contributed by atoms with van der Waals surface area (Å²) in [6.07, 6.45) is 2.35. The Kier molecular flexibility index (Phi) is 6.02. The molecule has 126 valence electrons. The molecule has 23 heavy (non-hydrogen) atoms. The third kappa shape index (κ3) is 4.23. The standard InChI is InChI=1S/C15H21Br2N5O/c1-5-21-8-12(16)13(19-21)9-20(4)14(23)6-7-22-11(3)15(17)10(2)18-22/h8H,5-7,9H2,1-4H3. The molecule has 1 amide bonds. The highest BCUT2D eigenvalue weighted by atomic mass is 79.9. The normalized spacial score (nSPS) is 11.0. The topological polar surface area (TPSA) is 56.0 Å². The van der Waals surface area contributed by atoms with E-state index in [2.05, 4.69) is 42.1 Å². The molecular weight excluding hydrogens is 426 g/mol. The number of rotatable bonds is 6. The highest BCUT2D eigenvalue weighted by Gasteiger charge is 2.15. The minimum absolute atomic E-state index is 0.0756. The van der Waals surface area contributed by atoms with Gasteiger partial charge in [-0.15, -0.1) is 0 Å². The molecule has 2 aromatic rings. The number of carbonyl (C=O) groups excluding carboxylic acids is 1. The van der Waals surface area contributed by atoms with Gasteiger partial charge >= 0.3 is 0 Å². The van der Waals surface area contributed by atoms with Crippen LogP contribution in [0.15, 0.2) is 15.1 Å². The van der Waals surface area contributed by atoms with Crippen molar-refractivity contribution in [3.05, 3.63) is 32.2 Å². The number of aryl methyl sites for hydroxylation is 3. The molecule has 0 aliphatic carbocycles. The number of hydrogen-bond acceptors (Lipinski definition) is 3. The van der Waals surface area contributed by atoms with Gasteiger partial charge in [-0.3, -0.25) is 14.2 Å². The molecule has 0 spiro atoms. The Labute approximate surface area is 153 Å². The molecule has 6 nitrogen and oxygen atoms in total.